The van der Waals surface area contributed by atoms with Crippen LogP contribution < -0.4 is 26.2 Å². The van der Waals surface area contributed by atoms with Gasteiger partial charge in [-0.05, 0) is 75.4 Å². The van der Waals surface area contributed by atoms with Gasteiger partial charge in [0, 0.05) is 40.0 Å². The molecule has 0 radical (unpaired) electrons. The fraction of sp³-hybridized carbons (Fsp3) is 0.143. The number of para-hydroxylation sites is 4. The van der Waals surface area contributed by atoms with Crippen molar-refractivity contribution in [3.63, 3.8) is 0 Å². The van der Waals surface area contributed by atoms with Gasteiger partial charge in [0.2, 0.25) is 0 Å². The van der Waals surface area contributed by atoms with Gasteiger partial charge in [0.15, 0.2) is 0 Å². The maximum absolute atomic E-state index is 2.58. The summed E-state index contributed by atoms with van der Waals surface area (Å²) < 4.78 is 0. The van der Waals surface area contributed by atoms with Gasteiger partial charge < -0.3 is 9.80 Å². The van der Waals surface area contributed by atoms with E-state index in [1.165, 1.54) is 67.2 Å². The van der Waals surface area contributed by atoms with E-state index in [1.54, 1.807) is 0 Å². The molecule has 3 aliphatic rings. The number of fused-ring (bicyclic) bond motifs is 6. The van der Waals surface area contributed by atoms with Gasteiger partial charge in [0.1, 0.15) is 0 Å². The van der Waals surface area contributed by atoms with E-state index in [2.05, 4.69) is 140 Å². The molecule has 0 saturated heterocycles. The van der Waals surface area contributed by atoms with Gasteiger partial charge in [-0.1, -0.05) is 93.6 Å². The third kappa shape index (κ3) is 2.79. The molecule has 5 aromatic rings. The van der Waals surface area contributed by atoms with Crippen molar-refractivity contribution in [2.45, 2.75) is 32.6 Å². The van der Waals surface area contributed by atoms with Gasteiger partial charge in [-0.15, -0.1) is 0 Å². The summed E-state index contributed by atoms with van der Waals surface area (Å²) in [5.74, 6) is 0.770. The first-order valence-corrected chi connectivity index (χ1v) is 13.8. The standard InChI is InChI=1S/C35H29BN2/c1-22(2)24-20-32-34-33(21-24)38-30-18-9-7-14-26(30)23(3)27-15-11-17-29(35(27)38)36(34)28-16-8-10-19-31(28)37(32)25-12-5-4-6-13-25/h4-23H,1-3H3. The van der Waals surface area contributed by atoms with E-state index in [0.717, 1.165) is 0 Å². The van der Waals surface area contributed by atoms with Crippen molar-refractivity contribution in [3.05, 3.63) is 126 Å². The zero-order chi connectivity index (χ0) is 25.5. The van der Waals surface area contributed by atoms with Crippen LogP contribution in [0.4, 0.5) is 34.1 Å². The molecule has 8 rings (SSSR count). The Morgan fingerprint density at radius 1 is 0.605 bits per heavy atom. The minimum atomic E-state index is 0.195. The fourth-order valence-electron chi connectivity index (χ4n) is 7.06. The Morgan fingerprint density at radius 2 is 1.24 bits per heavy atom. The van der Waals surface area contributed by atoms with Crippen LogP contribution in [0.25, 0.3) is 0 Å². The largest absolute Gasteiger partial charge is 0.311 e. The smallest absolute Gasteiger partial charge is 0.252 e. The van der Waals surface area contributed by atoms with E-state index in [1.807, 2.05) is 0 Å². The van der Waals surface area contributed by atoms with E-state index in [0.29, 0.717) is 11.8 Å². The number of hydrogen-bond acceptors (Lipinski definition) is 2. The molecule has 0 amide bonds. The quantitative estimate of drug-likeness (QED) is 0.235. The highest BCUT2D eigenvalue weighted by molar-refractivity contribution is 7.00. The summed E-state index contributed by atoms with van der Waals surface area (Å²) in [6, 6.07) is 40.8. The van der Waals surface area contributed by atoms with E-state index >= 15 is 0 Å². The molecule has 1 atom stereocenters. The predicted molar refractivity (Wildman–Crippen MR) is 162 cm³/mol. The monoisotopic (exact) mass is 488 g/mol. The van der Waals surface area contributed by atoms with Crippen molar-refractivity contribution in [3.8, 4) is 0 Å². The van der Waals surface area contributed by atoms with E-state index < -0.39 is 0 Å². The number of hydrogen-bond donors (Lipinski definition) is 0. The first-order chi connectivity index (χ1) is 18.6. The van der Waals surface area contributed by atoms with Crippen LogP contribution in [0.15, 0.2) is 109 Å². The lowest BCUT2D eigenvalue weighted by atomic mass is 9.33. The minimum absolute atomic E-state index is 0.195. The van der Waals surface area contributed by atoms with E-state index in [9.17, 15) is 0 Å². The third-order valence-corrected chi connectivity index (χ3v) is 8.84. The average Bonchev–Trinajstić information content (AvgIpc) is 2.96. The summed E-state index contributed by atoms with van der Waals surface area (Å²) in [6.45, 7) is 7.18. The first-order valence-electron chi connectivity index (χ1n) is 13.8. The Labute approximate surface area is 225 Å². The molecule has 38 heavy (non-hydrogen) atoms. The predicted octanol–water partition coefficient (Wildman–Crippen LogP) is 7.36. The molecule has 1 unspecified atom stereocenters. The van der Waals surface area contributed by atoms with Crippen LogP contribution in [-0.2, 0) is 0 Å². The molecular formula is C35H29BN2. The summed E-state index contributed by atoms with van der Waals surface area (Å²) in [5, 5.41) is 0. The van der Waals surface area contributed by atoms with E-state index in [4.69, 9.17) is 0 Å². The summed E-state index contributed by atoms with van der Waals surface area (Å²) in [7, 11) is 0. The second-order valence-electron chi connectivity index (χ2n) is 11.2. The maximum Gasteiger partial charge on any atom is 0.252 e. The Kier molecular flexibility index (Phi) is 4.52. The second kappa shape index (κ2) is 7.88. The highest BCUT2D eigenvalue weighted by Crippen LogP contribution is 2.52. The molecule has 0 N–H and O–H groups in total. The number of anilines is 6. The molecule has 3 heterocycles. The Balaban J connectivity index is 1.53. The second-order valence-corrected chi connectivity index (χ2v) is 11.2. The van der Waals surface area contributed by atoms with Crippen molar-refractivity contribution in [1.29, 1.82) is 0 Å². The van der Waals surface area contributed by atoms with E-state index in [-0.39, 0.29) is 6.71 Å². The van der Waals surface area contributed by atoms with Crippen LogP contribution in [0.3, 0.4) is 0 Å². The van der Waals surface area contributed by atoms with Gasteiger partial charge in [0.25, 0.3) is 6.71 Å². The topological polar surface area (TPSA) is 6.48 Å². The van der Waals surface area contributed by atoms with Crippen LogP contribution in [-0.4, -0.2) is 6.71 Å². The van der Waals surface area contributed by atoms with Crippen molar-refractivity contribution in [2.75, 3.05) is 9.80 Å². The molecular weight excluding hydrogens is 459 g/mol. The Morgan fingerprint density at radius 3 is 2.03 bits per heavy atom. The molecule has 3 heteroatoms. The lowest BCUT2D eigenvalue weighted by molar-refractivity contribution is 0.864. The number of rotatable bonds is 2. The molecule has 0 saturated carbocycles. The molecule has 0 aliphatic carbocycles. The summed E-state index contributed by atoms with van der Waals surface area (Å²) in [5.41, 5.74) is 16.2. The zero-order valence-corrected chi connectivity index (χ0v) is 22.0. The Hall–Kier alpha value is -4.24. The maximum atomic E-state index is 2.58. The summed E-state index contributed by atoms with van der Waals surface area (Å²) in [6.07, 6.45) is 0. The van der Waals surface area contributed by atoms with Crippen LogP contribution in [0.5, 0.6) is 0 Å². The normalized spacial score (nSPS) is 16.1. The lowest BCUT2D eigenvalue weighted by Crippen LogP contribution is -2.62. The van der Waals surface area contributed by atoms with Crippen LogP contribution >= 0.6 is 0 Å². The van der Waals surface area contributed by atoms with Gasteiger partial charge >= 0.3 is 0 Å². The van der Waals surface area contributed by atoms with Crippen molar-refractivity contribution < 1.29 is 0 Å². The van der Waals surface area contributed by atoms with Gasteiger partial charge in [-0.25, -0.2) is 0 Å². The molecule has 182 valence electrons. The van der Waals surface area contributed by atoms with Crippen molar-refractivity contribution in [2.24, 2.45) is 0 Å². The molecule has 0 aromatic heterocycles. The SMILES string of the molecule is CC(C)c1cc2c3c(c1)N1c4ccccc4C(C)c4cccc(c41)B3c1ccccc1N2c1ccccc1. The Bertz CT molecular complexity index is 1740. The van der Waals surface area contributed by atoms with Gasteiger partial charge in [-0.2, -0.15) is 0 Å². The fourth-order valence-corrected chi connectivity index (χ4v) is 7.06. The minimum Gasteiger partial charge on any atom is -0.311 e. The average molecular weight is 488 g/mol. The summed E-state index contributed by atoms with van der Waals surface area (Å²) >= 11 is 0. The van der Waals surface area contributed by atoms with Crippen LogP contribution in [0.2, 0.25) is 0 Å². The van der Waals surface area contributed by atoms with Crippen LogP contribution in [0, 0.1) is 0 Å². The molecule has 0 bridgehead atoms. The van der Waals surface area contributed by atoms with Gasteiger partial charge in [-0.3, -0.25) is 0 Å². The molecule has 5 aromatic carbocycles. The number of benzene rings is 5. The highest BCUT2D eigenvalue weighted by atomic mass is 15.2. The zero-order valence-electron chi connectivity index (χ0n) is 22.0. The van der Waals surface area contributed by atoms with Crippen molar-refractivity contribution >= 4 is 57.2 Å². The highest BCUT2D eigenvalue weighted by Gasteiger charge is 2.46. The third-order valence-electron chi connectivity index (χ3n) is 8.84. The molecule has 2 nitrogen and oxygen atoms in total. The molecule has 3 aliphatic heterocycles. The van der Waals surface area contributed by atoms with Crippen LogP contribution in [0.1, 0.15) is 49.3 Å². The first kappa shape index (κ1) is 21.8. The molecule has 0 fully saturated rings. The molecule has 0 spiro atoms. The number of nitrogens with zero attached hydrogens (tertiary/aromatic N) is 2. The van der Waals surface area contributed by atoms with Gasteiger partial charge in [0.05, 0.1) is 0 Å². The lowest BCUT2D eigenvalue weighted by Gasteiger charge is -2.47. The van der Waals surface area contributed by atoms with Crippen molar-refractivity contribution in [1.82, 2.24) is 0 Å². The summed E-state index contributed by atoms with van der Waals surface area (Å²) in [4.78, 5) is 5.07.